The molecule has 0 spiro atoms. The molecule has 3 rings (SSSR count). The standard InChI is InChI=1S/C23H19ClN4O3/c24-19-10-7-17(8-11-19)23-18(15-28(27-23)20-5-2-1-3-6-20)9-12-22(30)31-16-21(29)26-14-4-13-25/h1-3,5-12,15H,4,14,16H2,(H,26,29)/b12-9+. The molecule has 156 valence electrons. The number of carbonyl (C=O) groups is 2. The number of rotatable bonds is 8. The number of para-hydroxylation sites is 1. The number of nitriles is 1. The second kappa shape index (κ2) is 10.8. The zero-order chi connectivity index (χ0) is 22.1. The van der Waals surface area contributed by atoms with Gasteiger partial charge in [0.25, 0.3) is 5.91 Å². The van der Waals surface area contributed by atoms with Crippen LogP contribution >= 0.6 is 11.6 Å². The molecule has 0 saturated carbocycles. The van der Waals surface area contributed by atoms with E-state index in [2.05, 4.69) is 10.4 Å². The number of aromatic nitrogens is 2. The van der Waals surface area contributed by atoms with Crippen LogP contribution in [0.25, 0.3) is 23.0 Å². The summed E-state index contributed by atoms with van der Waals surface area (Å²) in [5, 5.41) is 16.2. The molecule has 8 heteroatoms. The van der Waals surface area contributed by atoms with Crippen LogP contribution < -0.4 is 5.32 Å². The predicted octanol–water partition coefficient (Wildman–Crippen LogP) is 3.78. The highest BCUT2D eigenvalue weighted by Crippen LogP contribution is 2.26. The van der Waals surface area contributed by atoms with Crippen LogP contribution in [0.2, 0.25) is 5.02 Å². The van der Waals surface area contributed by atoms with Crippen LogP contribution in [0.15, 0.2) is 66.9 Å². The summed E-state index contributed by atoms with van der Waals surface area (Å²) in [4.78, 5) is 23.6. The van der Waals surface area contributed by atoms with Crippen LogP contribution in [0.1, 0.15) is 12.0 Å². The number of nitrogens with one attached hydrogen (secondary N) is 1. The van der Waals surface area contributed by atoms with E-state index < -0.39 is 18.5 Å². The Bertz CT molecular complexity index is 1120. The molecule has 0 saturated heterocycles. The Morgan fingerprint density at radius 3 is 2.61 bits per heavy atom. The van der Waals surface area contributed by atoms with E-state index in [1.165, 1.54) is 6.08 Å². The van der Waals surface area contributed by atoms with Gasteiger partial charge < -0.3 is 10.1 Å². The number of ether oxygens (including phenoxy) is 1. The fourth-order valence-corrected chi connectivity index (χ4v) is 2.83. The molecule has 0 aliphatic rings. The number of benzene rings is 2. The third-order valence-electron chi connectivity index (χ3n) is 4.18. The fourth-order valence-electron chi connectivity index (χ4n) is 2.71. The maximum absolute atomic E-state index is 12.0. The van der Waals surface area contributed by atoms with Crippen molar-refractivity contribution in [2.24, 2.45) is 0 Å². The van der Waals surface area contributed by atoms with E-state index in [0.717, 1.165) is 11.3 Å². The monoisotopic (exact) mass is 434 g/mol. The Labute approximate surface area is 184 Å². The summed E-state index contributed by atoms with van der Waals surface area (Å²) in [7, 11) is 0. The van der Waals surface area contributed by atoms with Crippen molar-refractivity contribution in [3.05, 3.63) is 77.5 Å². The van der Waals surface area contributed by atoms with Crippen LogP contribution in [0.3, 0.4) is 0 Å². The lowest BCUT2D eigenvalue weighted by Gasteiger charge is -2.03. The van der Waals surface area contributed by atoms with E-state index in [-0.39, 0.29) is 13.0 Å². The molecule has 31 heavy (non-hydrogen) atoms. The quantitative estimate of drug-likeness (QED) is 0.330. The number of hydrogen-bond acceptors (Lipinski definition) is 5. The zero-order valence-electron chi connectivity index (χ0n) is 16.5. The third-order valence-corrected chi connectivity index (χ3v) is 4.44. The minimum absolute atomic E-state index is 0.193. The van der Waals surface area contributed by atoms with Crippen molar-refractivity contribution >= 4 is 29.6 Å². The van der Waals surface area contributed by atoms with Crippen LogP contribution in [0, 0.1) is 11.3 Å². The van der Waals surface area contributed by atoms with Gasteiger partial charge in [-0.05, 0) is 30.3 Å². The fraction of sp³-hybridized carbons (Fsp3) is 0.130. The molecular formula is C23H19ClN4O3. The summed E-state index contributed by atoms with van der Waals surface area (Å²) in [6.45, 7) is -0.201. The van der Waals surface area contributed by atoms with E-state index in [1.807, 2.05) is 48.5 Å². The number of nitrogens with zero attached hydrogens (tertiary/aromatic N) is 3. The van der Waals surface area contributed by atoms with Gasteiger partial charge in [-0.2, -0.15) is 10.4 Å². The zero-order valence-corrected chi connectivity index (χ0v) is 17.2. The first kappa shape index (κ1) is 21.8. The predicted molar refractivity (Wildman–Crippen MR) is 117 cm³/mol. The maximum atomic E-state index is 12.0. The first-order valence-electron chi connectivity index (χ1n) is 9.46. The number of halogens is 1. The molecule has 0 aliphatic carbocycles. The summed E-state index contributed by atoms with van der Waals surface area (Å²) in [5.41, 5.74) is 3.07. The number of hydrogen-bond donors (Lipinski definition) is 1. The molecule has 0 bridgehead atoms. The lowest BCUT2D eigenvalue weighted by Crippen LogP contribution is -2.29. The molecule has 7 nitrogen and oxygen atoms in total. The average Bonchev–Trinajstić information content (AvgIpc) is 3.22. The summed E-state index contributed by atoms with van der Waals surface area (Å²) >= 11 is 5.99. The average molecular weight is 435 g/mol. The Balaban J connectivity index is 1.76. The van der Waals surface area contributed by atoms with Crippen molar-refractivity contribution in [2.75, 3.05) is 13.2 Å². The molecule has 3 aromatic rings. The van der Waals surface area contributed by atoms with Crippen molar-refractivity contribution in [1.82, 2.24) is 15.1 Å². The highest BCUT2D eigenvalue weighted by Gasteiger charge is 2.11. The Hall–Kier alpha value is -3.89. The Morgan fingerprint density at radius 1 is 1.16 bits per heavy atom. The lowest BCUT2D eigenvalue weighted by molar-refractivity contribution is -0.143. The Kier molecular flexibility index (Phi) is 7.57. The van der Waals surface area contributed by atoms with Crippen molar-refractivity contribution in [3.63, 3.8) is 0 Å². The molecule has 0 unspecified atom stereocenters. The highest BCUT2D eigenvalue weighted by atomic mass is 35.5. The van der Waals surface area contributed by atoms with E-state index in [4.69, 9.17) is 21.6 Å². The second-order valence-corrected chi connectivity index (χ2v) is 6.86. The van der Waals surface area contributed by atoms with Gasteiger partial charge in [0.05, 0.1) is 23.9 Å². The van der Waals surface area contributed by atoms with Gasteiger partial charge in [0.15, 0.2) is 6.61 Å². The first-order valence-corrected chi connectivity index (χ1v) is 9.84. The molecule has 0 fully saturated rings. The van der Waals surface area contributed by atoms with Gasteiger partial charge in [-0.25, -0.2) is 9.48 Å². The van der Waals surface area contributed by atoms with E-state index in [0.29, 0.717) is 16.3 Å². The topological polar surface area (TPSA) is 97.0 Å². The van der Waals surface area contributed by atoms with Gasteiger partial charge in [0.2, 0.25) is 0 Å². The van der Waals surface area contributed by atoms with Gasteiger partial charge in [-0.3, -0.25) is 4.79 Å². The summed E-state index contributed by atoms with van der Waals surface area (Å²) in [5.74, 6) is -1.12. The highest BCUT2D eigenvalue weighted by molar-refractivity contribution is 6.30. The first-order chi connectivity index (χ1) is 15.1. The van der Waals surface area contributed by atoms with E-state index >= 15 is 0 Å². The van der Waals surface area contributed by atoms with Crippen molar-refractivity contribution in [1.29, 1.82) is 5.26 Å². The smallest absolute Gasteiger partial charge is 0.331 e. The third kappa shape index (κ3) is 6.29. The van der Waals surface area contributed by atoms with Gasteiger partial charge in [-0.15, -0.1) is 0 Å². The molecule has 0 atom stereocenters. The largest absolute Gasteiger partial charge is 0.452 e. The van der Waals surface area contributed by atoms with Crippen LogP contribution in [0.4, 0.5) is 0 Å². The lowest BCUT2D eigenvalue weighted by atomic mass is 10.1. The second-order valence-electron chi connectivity index (χ2n) is 6.42. The number of esters is 1. The van der Waals surface area contributed by atoms with Crippen molar-refractivity contribution in [2.45, 2.75) is 6.42 Å². The van der Waals surface area contributed by atoms with Crippen molar-refractivity contribution in [3.8, 4) is 23.0 Å². The maximum Gasteiger partial charge on any atom is 0.331 e. The summed E-state index contributed by atoms with van der Waals surface area (Å²) < 4.78 is 6.66. The molecule has 0 radical (unpaired) electrons. The van der Waals surface area contributed by atoms with Gasteiger partial charge in [0.1, 0.15) is 0 Å². The van der Waals surface area contributed by atoms with Gasteiger partial charge in [-0.1, -0.05) is 41.9 Å². The van der Waals surface area contributed by atoms with E-state index in [1.54, 1.807) is 29.1 Å². The molecule has 0 aliphatic heterocycles. The molecule has 2 aromatic carbocycles. The van der Waals surface area contributed by atoms with Crippen LogP contribution in [-0.4, -0.2) is 34.8 Å². The molecule has 1 heterocycles. The molecule has 1 N–H and O–H groups in total. The number of amides is 1. The van der Waals surface area contributed by atoms with E-state index in [9.17, 15) is 9.59 Å². The number of carbonyl (C=O) groups excluding carboxylic acids is 2. The van der Waals surface area contributed by atoms with Gasteiger partial charge in [0, 0.05) is 35.0 Å². The molecule has 1 amide bonds. The minimum atomic E-state index is -0.662. The van der Waals surface area contributed by atoms with Crippen LogP contribution in [0.5, 0.6) is 0 Å². The summed E-state index contributed by atoms with van der Waals surface area (Å²) in [6, 6.07) is 18.7. The normalized spacial score (nSPS) is 10.6. The van der Waals surface area contributed by atoms with Crippen molar-refractivity contribution < 1.29 is 14.3 Å². The summed E-state index contributed by atoms with van der Waals surface area (Å²) in [6.07, 6.45) is 4.83. The Morgan fingerprint density at radius 2 is 1.90 bits per heavy atom. The SMILES string of the molecule is N#CCCNC(=O)COC(=O)/C=C/c1cn(-c2ccccc2)nc1-c1ccc(Cl)cc1. The van der Waals surface area contributed by atoms with Crippen LogP contribution in [-0.2, 0) is 14.3 Å². The molecular weight excluding hydrogens is 416 g/mol. The minimum Gasteiger partial charge on any atom is -0.452 e. The van der Waals surface area contributed by atoms with Gasteiger partial charge >= 0.3 is 5.97 Å². The molecule has 1 aromatic heterocycles.